The fourth-order valence-corrected chi connectivity index (χ4v) is 3.17. The molecule has 8 heteroatoms. The van der Waals surface area contributed by atoms with Gasteiger partial charge in [-0.05, 0) is 43.0 Å². The number of non-ortho nitro benzene ring substituents is 1. The molecule has 0 aliphatic carbocycles. The molecule has 1 fully saturated rings. The number of ether oxygens (including phenoxy) is 1. The van der Waals surface area contributed by atoms with Crippen molar-refractivity contribution in [1.29, 1.82) is 0 Å². The Morgan fingerprint density at radius 2 is 1.85 bits per heavy atom. The number of benzene rings is 1. The molecule has 1 aliphatic heterocycles. The molecule has 1 amide bonds. The van der Waals surface area contributed by atoms with Crippen molar-refractivity contribution in [3.05, 3.63) is 58.4 Å². The number of nitro groups is 1. The number of likely N-dealkylation sites (tertiary alicyclic amines) is 1. The van der Waals surface area contributed by atoms with Crippen molar-refractivity contribution in [2.24, 2.45) is 0 Å². The van der Waals surface area contributed by atoms with Gasteiger partial charge in [-0.25, -0.2) is 4.79 Å². The normalized spacial score (nSPS) is 16.6. The monoisotopic (exact) mass is 369 g/mol. The first-order valence-electron chi connectivity index (χ1n) is 8.61. The highest BCUT2D eigenvalue weighted by molar-refractivity contribution is 5.95. The van der Waals surface area contributed by atoms with E-state index in [2.05, 4.69) is 4.98 Å². The first-order valence-corrected chi connectivity index (χ1v) is 8.61. The minimum Gasteiger partial charge on any atom is -0.467 e. The van der Waals surface area contributed by atoms with Crippen LogP contribution in [-0.4, -0.2) is 46.4 Å². The van der Waals surface area contributed by atoms with Crippen LogP contribution >= 0.6 is 0 Å². The summed E-state index contributed by atoms with van der Waals surface area (Å²) < 4.78 is 4.81. The molecule has 2 aromatic rings. The number of nitro benzene ring substituents is 1. The van der Waals surface area contributed by atoms with E-state index >= 15 is 0 Å². The summed E-state index contributed by atoms with van der Waals surface area (Å²) in [6.45, 7) is 0.490. The number of pyridine rings is 1. The van der Waals surface area contributed by atoms with E-state index in [4.69, 9.17) is 4.74 Å². The maximum Gasteiger partial charge on any atom is 0.328 e. The zero-order valence-corrected chi connectivity index (χ0v) is 14.8. The molecule has 1 aromatic carbocycles. The van der Waals surface area contributed by atoms with Crippen LogP contribution in [0.3, 0.4) is 0 Å². The van der Waals surface area contributed by atoms with Crippen molar-refractivity contribution < 1.29 is 19.2 Å². The number of rotatable bonds is 4. The number of hydrogen-bond donors (Lipinski definition) is 0. The number of aromatic nitrogens is 1. The quantitative estimate of drug-likeness (QED) is 0.466. The third-order valence-electron chi connectivity index (χ3n) is 4.63. The Labute approximate surface area is 155 Å². The largest absolute Gasteiger partial charge is 0.467 e. The molecule has 0 N–H and O–H groups in total. The molecular weight excluding hydrogens is 350 g/mol. The van der Waals surface area contributed by atoms with Gasteiger partial charge in [0.15, 0.2) is 0 Å². The molecule has 0 unspecified atom stereocenters. The maximum absolute atomic E-state index is 12.8. The molecule has 0 bridgehead atoms. The van der Waals surface area contributed by atoms with E-state index in [1.807, 2.05) is 0 Å². The summed E-state index contributed by atoms with van der Waals surface area (Å²) in [5.74, 6) is -0.717. The van der Waals surface area contributed by atoms with E-state index in [0.717, 1.165) is 24.0 Å². The van der Waals surface area contributed by atoms with Gasteiger partial charge in [0, 0.05) is 30.4 Å². The van der Waals surface area contributed by atoms with Crippen LogP contribution in [0.2, 0.25) is 0 Å². The zero-order valence-electron chi connectivity index (χ0n) is 14.8. The molecule has 1 saturated heterocycles. The number of amides is 1. The van der Waals surface area contributed by atoms with Gasteiger partial charge in [-0.1, -0.05) is 6.07 Å². The number of hydrogen-bond acceptors (Lipinski definition) is 6. The van der Waals surface area contributed by atoms with E-state index in [9.17, 15) is 19.7 Å². The lowest BCUT2D eigenvalue weighted by Crippen LogP contribution is -2.48. The van der Waals surface area contributed by atoms with Crippen LogP contribution in [0.4, 0.5) is 5.69 Å². The van der Waals surface area contributed by atoms with Crippen LogP contribution in [0, 0.1) is 10.1 Å². The van der Waals surface area contributed by atoms with Crippen LogP contribution < -0.4 is 0 Å². The first-order chi connectivity index (χ1) is 13.0. The second-order valence-electron chi connectivity index (χ2n) is 6.27. The summed E-state index contributed by atoms with van der Waals surface area (Å²) in [4.78, 5) is 40.7. The minimum atomic E-state index is -0.576. The fourth-order valence-electron chi connectivity index (χ4n) is 3.17. The number of carbonyl (C=O) groups is 2. The summed E-state index contributed by atoms with van der Waals surface area (Å²) in [6.07, 6.45) is 3.83. The average Bonchev–Trinajstić information content (AvgIpc) is 2.73. The van der Waals surface area contributed by atoms with E-state index in [1.54, 1.807) is 30.5 Å². The van der Waals surface area contributed by atoms with Crippen molar-refractivity contribution >= 4 is 17.6 Å². The summed E-state index contributed by atoms with van der Waals surface area (Å²) in [6, 6.07) is 8.86. The lowest BCUT2D eigenvalue weighted by atomic mass is 10.0. The van der Waals surface area contributed by atoms with Crippen LogP contribution in [0.1, 0.15) is 29.8 Å². The number of nitrogens with zero attached hydrogens (tertiary/aromatic N) is 3. The second kappa shape index (κ2) is 7.94. The van der Waals surface area contributed by atoms with Crippen molar-refractivity contribution in [1.82, 2.24) is 9.88 Å². The summed E-state index contributed by atoms with van der Waals surface area (Å²) in [7, 11) is 1.32. The number of esters is 1. The lowest BCUT2D eigenvalue weighted by Gasteiger charge is -2.33. The van der Waals surface area contributed by atoms with Gasteiger partial charge in [0.05, 0.1) is 12.0 Å². The highest BCUT2D eigenvalue weighted by Gasteiger charge is 2.33. The molecular formula is C19H19N3O5. The molecule has 0 radical (unpaired) electrons. The molecule has 0 spiro atoms. The average molecular weight is 369 g/mol. The van der Waals surface area contributed by atoms with Crippen LogP contribution in [0.25, 0.3) is 11.1 Å². The number of carbonyl (C=O) groups excluding carboxylic acids is 2. The van der Waals surface area contributed by atoms with E-state index in [-0.39, 0.29) is 17.3 Å². The zero-order chi connectivity index (χ0) is 19.4. The van der Waals surface area contributed by atoms with E-state index in [1.165, 1.54) is 24.1 Å². The van der Waals surface area contributed by atoms with Crippen LogP contribution in [0.15, 0.2) is 42.6 Å². The predicted octanol–water partition coefficient (Wildman–Crippen LogP) is 2.82. The Balaban J connectivity index is 1.78. The third kappa shape index (κ3) is 3.94. The van der Waals surface area contributed by atoms with Gasteiger partial charge in [-0.15, -0.1) is 0 Å². The topological polar surface area (TPSA) is 103 Å². The molecule has 0 saturated carbocycles. The summed E-state index contributed by atoms with van der Waals surface area (Å²) in [5, 5.41) is 10.7. The Hall–Kier alpha value is -3.29. The van der Waals surface area contributed by atoms with Gasteiger partial charge >= 0.3 is 5.97 Å². The Morgan fingerprint density at radius 1 is 1.15 bits per heavy atom. The van der Waals surface area contributed by atoms with E-state index in [0.29, 0.717) is 13.0 Å². The van der Waals surface area contributed by atoms with Gasteiger partial charge in [0.25, 0.3) is 11.6 Å². The Bertz CT molecular complexity index is 849. The van der Waals surface area contributed by atoms with Crippen molar-refractivity contribution in [3.8, 4) is 11.1 Å². The highest BCUT2D eigenvalue weighted by Crippen LogP contribution is 2.24. The standard InChI is InChI=1S/C19H19N3O5/c1-27-19(24)17-4-2-3-11-21(17)18(23)16-10-7-14(12-20-16)13-5-8-15(9-6-13)22(25)26/h5-10,12,17H,2-4,11H2,1H3/t17-/m0/s1. The molecule has 8 nitrogen and oxygen atoms in total. The smallest absolute Gasteiger partial charge is 0.328 e. The maximum atomic E-state index is 12.8. The highest BCUT2D eigenvalue weighted by atomic mass is 16.6. The van der Waals surface area contributed by atoms with Crippen molar-refractivity contribution in [2.75, 3.05) is 13.7 Å². The Morgan fingerprint density at radius 3 is 2.44 bits per heavy atom. The Kier molecular flexibility index (Phi) is 5.44. The van der Waals surface area contributed by atoms with Gasteiger partial charge in [0.1, 0.15) is 11.7 Å². The third-order valence-corrected chi connectivity index (χ3v) is 4.63. The molecule has 140 valence electrons. The second-order valence-corrected chi connectivity index (χ2v) is 6.27. The SMILES string of the molecule is COC(=O)[C@@H]1CCCCN1C(=O)c1ccc(-c2ccc([N+](=O)[O-])cc2)cn1. The lowest BCUT2D eigenvalue weighted by molar-refractivity contribution is -0.384. The minimum absolute atomic E-state index is 0.0115. The predicted molar refractivity (Wildman–Crippen MR) is 97.0 cm³/mol. The van der Waals surface area contributed by atoms with Gasteiger partial charge in [0.2, 0.25) is 0 Å². The molecule has 3 rings (SSSR count). The summed E-state index contributed by atoms with van der Waals surface area (Å²) >= 11 is 0. The number of methoxy groups -OCH3 is 1. The van der Waals surface area contributed by atoms with Crippen molar-refractivity contribution in [3.63, 3.8) is 0 Å². The van der Waals surface area contributed by atoms with Crippen molar-refractivity contribution in [2.45, 2.75) is 25.3 Å². The molecule has 1 atom stereocenters. The van der Waals surface area contributed by atoms with Crippen LogP contribution in [-0.2, 0) is 9.53 Å². The van der Waals surface area contributed by atoms with Gasteiger partial charge in [-0.3, -0.25) is 19.9 Å². The molecule has 1 aliphatic rings. The first kappa shape index (κ1) is 18.5. The fraction of sp³-hybridized carbons (Fsp3) is 0.316. The van der Waals surface area contributed by atoms with Gasteiger partial charge in [-0.2, -0.15) is 0 Å². The molecule has 1 aromatic heterocycles. The molecule has 27 heavy (non-hydrogen) atoms. The van der Waals surface area contributed by atoms with E-state index < -0.39 is 16.9 Å². The summed E-state index contributed by atoms with van der Waals surface area (Å²) in [5.41, 5.74) is 1.76. The van der Waals surface area contributed by atoms with Gasteiger partial charge < -0.3 is 9.64 Å². The van der Waals surface area contributed by atoms with Crippen LogP contribution in [0.5, 0.6) is 0 Å². The molecule has 2 heterocycles. The number of piperidine rings is 1.